The minimum Gasteiger partial charge on any atom is -0.399 e. The van der Waals surface area contributed by atoms with Gasteiger partial charge >= 0.3 is 7.12 Å². The van der Waals surface area contributed by atoms with Crippen LogP contribution < -0.4 is 11.2 Å². The number of nitrogen functional groups attached to an aromatic ring is 1. The Morgan fingerprint density at radius 3 is 2.21 bits per heavy atom. The molecule has 0 bridgehead atoms. The maximum atomic E-state index is 6.01. The van der Waals surface area contributed by atoms with Crippen LogP contribution in [0.1, 0.15) is 33.3 Å². The van der Waals surface area contributed by atoms with Gasteiger partial charge in [0.2, 0.25) is 0 Å². The summed E-state index contributed by atoms with van der Waals surface area (Å²) in [5, 5.41) is 0. The zero-order chi connectivity index (χ0) is 14.3. The van der Waals surface area contributed by atoms with Gasteiger partial charge in [-0.2, -0.15) is 0 Å². The molecule has 2 N–H and O–H groups in total. The molecule has 0 saturated carbocycles. The molecule has 1 aromatic carbocycles. The Hall–Kier alpha value is -1.33. The van der Waals surface area contributed by atoms with E-state index in [0.717, 1.165) is 11.0 Å². The van der Waals surface area contributed by atoms with Gasteiger partial charge in [0.15, 0.2) is 0 Å². The molecule has 0 radical (unpaired) electrons. The number of aliphatic imine (C=N–C) groups is 1. The third kappa shape index (κ3) is 2.53. The van der Waals surface area contributed by atoms with Crippen molar-refractivity contribution in [3.05, 3.63) is 23.8 Å². The SMILES string of the molecule is CN=Cc1ccc(B2OC(C)(C)C(C)(C)O2)cc1N. The molecule has 1 saturated heterocycles. The normalized spacial score (nSPS) is 21.2. The van der Waals surface area contributed by atoms with Crippen LogP contribution in [0.2, 0.25) is 0 Å². The summed E-state index contributed by atoms with van der Waals surface area (Å²) in [6.45, 7) is 8.14. The highest BCUT2D eigenvalue weighted by Crippen LogP contribution is 2.36. The lowest BCUT2D eigenvalue weighted by Crippen LogP contribution is -2.41. The van der Waals surface area contributed by atoms with Gasteiger partial charge in [-0.05, 0) is 39.2 Å². The van der Waals surface area contributed by atoms with Crippen molar-refractivity contribution in [2.45, 2.75) is 38.9 Å². The Kier molecular flexibility index (Phi) is 3.45. The van der Waals surface area contributed by atoms with Gasteiger partial charge in [-0.1, -0.05) is 12.1 Å². The van der Waals surface area contributed by atoms with Crippen molar-refractivity contribution < 1.29 is 9.31 Å². The fraction of sp³-hybridized carbons (Fsp3) is 0.500. The first-order valence-electron chi connectivity index (χ1n) is 6.44. The van der Waals surface area contributed by atoms with E-state index in [2.05, 4.69) is 4.99 Å². The van der Waals surface area contributed by atoms with Crippen molar-refractivity contribution in [1.82, 2.24) is 0 Å². The fourth-order valence-corrected chi connectivity index (χ4v) is 1.98. The molecule has 0 amide bonds. The van der Waals surface area contributed by atoms with E-state index in [-0.39, 0.29) is 18.3 Å². The van der Waals surface area contributed by atoms with Crippen LogP contribution in [-0.2, 0) is 9.31 Å². The maximum Gasteiger partial charge on any atom is 0.494 e. The number of hydrogen-bond donors (Lipinski definition) is 1. The lowest BCUT2D eigenvalue weighted by Gasteiger charge is -2.32. The molecule has 19 heavy (non-hydrogen) atoms. The molecule has 0 unspecified atom stereocenters. The van der Waals surface area contributed by atoms with Crippen molar-refractivity contribution in [3.8, 4) is 0 Å². The van der Waals surface area contributed by atoms with Gasteiger partial charge < -0.3 is 15.0 Å². The Labute approximate surface area is 115 Å². The van der Waals surface area contributed by atoms with Crippen LogP contribution in [-0.4, -0.2) is 31.6 Å². The van der Waals surface area contributed by atoms with E-state index >= 15 is 0 Å². The van der Waals surface area contributed by atoms with Crippen molar-refractivity contribution in [1.29, 1.82) is 0 Å². The topological polar surface area (TPSA) is 56.8 Å². The molecule has 1 heterocycles. The first-order chi connectivity index (χ1) is 8.77. The van der Waals surface area contributed by atoms with Crippen LogP contribution in [0.5, 0.6) is 0 Å². The molecule has 4 nitrogen and oxygen atoms in total. The van der Waals surface area contributed by atoms with E-state index in [1.165, 1.54) is 0 Å². The van der Waals surface area contributed by atoms with E-state index < -0.39 is 0 Å². The van der Waals surface area contributed by atoms with E-state index in [9.17, 15) is 0 Å². The Bertz CT molecular complexity index is 496. The van der Waals surface area contributed by atoms with Gasteiger partial charge in [-0.3, -0.25) is 4.99 Å². The van der Waals surface area contributed by atoms with Gasteiger partial charge in [-0.15, -0.1) is 0 Å². The number of rotatable bonds is 2. The van der Waals surface area contributed by atoms with Crippen molar-refractivity contribution in [3.63, 3.8) is 0 Å². The Morgan fingerprint density at radius 2 is 1.74 bits per heavy atom. The number of anilines is 1. The zero-order valence-corrected chi connectivity index (χ0v) is 12.2. The predicted octanol–water partition coefficient (Wildman–Crippen LogP) is 1.62. The molecule has 0 spiro atoms. The molecule has 0 aromatic heterocycles. The number of nitrogens with two attached hydrogens (primary N) is 1. The highest BCUT2D eigenvalue weighted by Gasteiger charge is 2.51. The summed E-state index contributed by atoms with van der Waals surface area (Å²) < 4.78 is 12.0. The second-order valence-corrected chi connectivity index (χ2v) is 5.86. The molecule has 0 aliphatic carbocycles. The molecular formula is C14H21BN2O2. The number of hydrogen-bond acceptors (Lipinski definition) is 4. The van der Waals surface area contributed by atoms with E-state index in [1.54, 1.807) is 13.3 Å². The molecule has 5 heteroatoms. The Balaban J connectivity index is 2.28. The highest BCUT2D eigenvalue weighted by molar-refractivity contribution is 6.62. The van der Waals surface area contributed by atoms with Crippen LogP contribution >= 0.6 is 0 Å². The molecule has 1 aliphatic rings. The first-order valence-corrected chi connectivity index (χ1v) is 6.44. The molecule has 1 aromatic rings. The zero-order valence-electron chi connectivity index (χ0n) is 12.2. The summed E-state index contributed by atoms with van der Waals surface area (Å²) in [5.74, 6) is 0. The Morgan fingerprint density at radius 1 is 1.16 bits per heavy atom. The second kappa shape index (κ2) is 4.65. The van der Waals surface area contributed by atoms with Gasteiger partial charge in [0, 0.05) is 24.5 Å². The summed E-state index contributed by atoms with van der Waals surface area (Å²) in [7, 11) is 1.35. The van der Waals surface area contributed by atoms with E-state index in [0.29, 0.717) is 5.69 Å². The third-order valence-electron chi connectivity index (χ3n) is 3.90. The highest BCUT2D eigenvalue weighted by atomic mass is 16.7. The van der Waals surface area contributed by atoms with E-state index in [1.807, 2.05) is 45.9 Å². The molecule has 102 valence electrons. The van der Waals surface area contributed by atoms with Gasteiger partial charge in [0.1, 0.15) is 0 Å². The summed E-state index contributed by atoms with van der Waals surface area (Å²) >= 11 is 0. The van der Waals surface area contributed by atoms with Gasteiger partial charge in [0.05, 0.1) is 11.2 Å². The largest absolute Gasteiger partial charge is 0.494 e. The van der Waals surface area contributed by atoms with Crippen LogP contribution in [0.4, 0.5) is 5.69 Å². The lowest BCUT2D eigenvalue weighted by molar-refractivity contribution is 0.00578. The molecule has 1 fully saturated rings. The monoisotopic (exact) mass is 260 g/mol. The minimum absolute atomic E-state index is 0.337. The van der Waals surface area contributed by atoms with Gasteiger partial charge in [0.25, 0.3) is 0 Å². The third-order valence-corrected chi connectivity index (χ3v) is 3.90. The van der Waals surface area contributed by atoms with E-state index in [4.69, 9.17) is 15.0 Å². The van der Waals surface area contributed by atoms with Crippen molar-refractivity contribution in [2.75, 3.05) is 12.8 Å². The molecule has 0 atom stereocenters. The first kappa shape index (κ1) is 14.1. The molecule has 2 rings (SSSR count). The number of nitrogens with zero attached hydrogens (tertiary/aromatic N) is 1. The summed E-state index contributed by atoms with van der Waals surface area (Å²) in [4.78, 5) is 3.97. The smallest absolute Gasteiger partial charge is 0.399 e. The van der Waals surface area contributed by atoms with Crippen LogP contribution in [0.25, 0.3) is 0 Å². The molecule has 1 aliphatic heterocycles. The predicted molar refractivity (Wildman–Crippen MR) is 80.1 cm³/mol. The second-order valence-electron chi connectivity index (χ2n) is 5.86. The summed E-state index contributed by atoms with van der Waals surface area (Å²) in [6.07, 6.45) is 1.74. The average molecular weight is 260 g/mol. The van der Waals surface area contributed by atoms with Crippen molar-refractivity contribution >= 4 is 24.5 Å². The summed E-state index contributed by atoms with van der Waals surface area (Å²) in [5.41, 5.74) is 7.85. The van der Waals surface area contributed by atoms with Crippen LogP contribution in [0.15, 0.2) is 23.2 Å². The lowest BCUT2D eigenvalue weighted by atomic mass is 9.78. The average Bonchev–Trinajstić information content (AvgIpc) is 2.51. The molecular weight excluding hydrogens is 239 g/mol. The van der Waals surface area contributed by atoms with Gasteiger partial charge in [-0.25, -0.2) is 0 Å². The fourth-order valence-electron chi connectivity index (χ4n) is 1.98. The minimum atomic E-state index is -0.375. The standard InChI is InChI=1S/C14H21BN2O2/c1-13(2)14(3,4)19-15(18-13)11-7-6-10(9-17-5)12(16)8-11/h6-9H,16H2,1-5H3. The van der Waals surface area contributed by atoms with Crippen molar-refractivity contribution in [2.24, 2.45) is 4.99 Å². The van der Waals surface area contributed by atoms with Crippen LogP contribution in [0, 0.1) is 0 Å². The van der Waals surface area contributed by atoms with Crippen LogP contribution in [0.3, 0.4) is 0 Å². The maximum absolute atomic E-state index is 6.01. The number of benzene rings is 1. The summed E-state index contributed by atoms with van der Waals surface area (Å²) in [6, 6.07) is 5.79. The quantitative estimate of drug-likeness (QED) is 0.499.